The Kier molecular flexibility index (Phi) is 2.26. The second-order valence-electron chi connectivity index (χ2n) is 3.98. The van der Waals surface area contributed by atoms with E-state index in [9.17, 15) is 13.2 Å². The van der Waals surface area contributed by atoms with Gasteiger partial charge in [0.05, 0.1) is 0 Å². The van der Waals surface area contributed by atoms with Crippen LogP contribution in [-0.4, -0.2) is 6.18 Å². The standard InChI is InChI=1S/C11H12F3N/c12-11(13,14)10(15)7-3-5-8-4-1-2-6-9(8)10/h1-2,4,6H,3,5,7,15H2. The Morgan fingerprint density at radius 3 is 2.53 bits per heavy atom. The summed E-state index contributed by atoms with van der Waals surface area (Å²) < 4.78 is 38.6. The predicted molar refractivity (Wildman–Crippen MR) is 51.3 cm³/mol. The first-order valence-corrected chi connectivity index (χ1v) is 4.89. The Bertz CT molecular complexity index is 372. The molecule has 4 heteroatoms. The maximum atomic E-state index is 12.9. The van der Waals surface area contributed by atoms with Crippen molar-refractivity contribution in [2.24, 2.45) is 5.73 Å². The van der Waals surface area contributed by atoms with Crippen LogP contribution in [0.3, 0.4) is 0 Å². The van der Waals surface area contributed by atoms with Crippen LogP contribution in [0.15, 0.2) is 24.3 Å². The van der Waals surface area contributed by atoms with Crippen molar-refractivity contribution >= 4 is 0 Å². The average molecular weight is 215 g/mol. The average Bonchev–Trinajstić information content (AvgIpc) is 2.17. The first kappa shape index (κ1) is 10.5. The van der Waals surface area contributed by atoms with Gasteiger partial charge in [-0.15, -0.1) is 0 Å². The van der Waals surface area contributed by atoms with Gasteiger partial charge in [0.2, 0.25) is 0 Å². The molecule has 1 unspecified atom stereocenters. The second-order valence-corrected chi connectivity index (χ2v) is 3.98. The van der Waals surface area contributed by atoms with E-state index in [-0.39, 0.29) is 12.0 Å². The van der Waals surface area contributed by atoms with Gasteiger partial charge < -0.3 is 5.73 Å². The van der Waals surface area contributed by atoms with Crippen molar-refractivity contribution in [2.45, 2.75) is 31.0 Å². The van der Waals surface area contributed by atoms with Crippen molar-refractivity contribution in [3.05, 3.63) is 35.4 Å². The topological polar surface area (TPSA) is 26.0 Å². The molecule has 0 fully saturated rings. The Hall–Kier alpha value is -1.03. The number of benzene rings is 1. The van der Waals surface area contributed by atoms with Crippen LogP contribution in [0.2, 0.25) is 0 Å². The lowest BCUT2D eigenvalue weighted by Gasteiger charge is -2.37. The third-order valence-electron chi connectivity index (χ3n) is 3.02. The molecule has 1 aliphatic rings. The number of aryl methyl sites for hydroxylation is 1. The molecule has 82 valence electrons. The van der Waals surface area contributed by atoms with E-state index in [1.807, 2.05) is 0 Å². The first-order chi connectivity index (χ1) is 6.95. The van der Waals surface area contributed by atoms with Crippen molar-refractivity contribution in [2.75, 3.05) is 0 Å². The van der Waals surface area contributed by atoms with Gasteiger partial charge in [-0.1, -0.05) is 24.3 Å². The van der Waals surface area contributed by atoms with E-state index < -0.39 is 11.7 Å². The fourth-order valence-corrected chi connectivity index (χ4v) is 2.16. The van der Waals surface area contributed by atoms with E-state index in [0.717, 1.165) is 5.56 Å². The van der Waals surface area contributed by atoms with Gasteiger partial charge in [0, 0.05) is 0 Å². The van der Waals surface area contributed by atoms with Crippen LogP contribution in [0.5, 0.6) is 0 Å². The Morgan fingerprint density at radius 1 is 1.20 bits per heavy atom. The molecule has 0 radical (unpaired) electrons. The van der Waals surface area contributed by atoms with Crippen LogP contribution in [0.25, 0.3) is 0 Å². The lowest BCUT2D eigenvalue weighted by molar-refractivity contribution is -0.193. The molecular weight excluding hydrogens is 203 g/mol. The fourth-order valence-electron chi connectivity index (χ4n) is 2.16. The molecule has 1 nitrogen and oxygen atoms in total. The lowest BCUT2D eigenvalue weighted by atomic mass is 9.77. The molecule has 0 heterocycles. The predicted octanol–water partition coefficient (Wildman–Crippen LogP) is 2.74. The largest absolute Gasteiger partial charge is 0.410 e. The molecule has 1 aliphatic carbocycles. The van der Waals surface area contributed by atoms with Crippen molar-refractivity contribution < 1.29 is 13.2 Å². The van der Waals surface area contributed by atoms with Crippen LogP contribution < -0.4 is 5.73 Å². The summed E-state index contributed by atoms with van der Waals surface area (Å²) in [5.41, 5.74) is 4.34. The lowest BCUT2D eigenvalue weighted by Crippen LogP contribution is -2.52. The number of halogens is 3. The SMILES string of the molecule is NC1(C(F)(F)F)CCCc2ccccc21. The van der Waals surface area contributed by atoms with Gasteiger partial charge in [0.25, 0.3) is 0 Å². The maximum absolute atomic E-state index is 12.9. The van der Waals surface area contributed by atoms with Crippen molar-refractivity contribution in [3.63, 3.8) is 0 Å². The molecule has 0 saturated carbocycles. The molecule has 0 amide bonds. The Balaban J connectivity index is 2.55. The van der Waals surface area contributed by atoms with E-state index in [0.29, 0.717) is 12.8 Å². The maximum Gasteiger partial charge on any atom is 0.410 e. The van der Waals surface area contributed by atoms with E-state index in [1.165, 1.54) is 6.07 Å². The first-order valence-electron chi connectivity index (χ1n) is 4.89. The van der Waals surface area contributed by atoms with E-state index in [1.54, 1.807) is 18.2 Å². The molecular formula is C11H12F3N. The molecule has 0 bridgehead atoms. The number of fused-ring (bicyclic) bond motifs is 1. The van der Waals surface area contributed by atoms with Gasteiger partial charge in [0.1, 0.15) is 5.54 Å². The highest BCUT2D eigenvalue weighted by Crippen LogP contribution is 2.44. The molecule has 2 N–H and O–H groups in total. The molecule has 0 aliphatic heterocycles. The molecule has 0 saturated heterocycles. The highest BCUT2D eigenvalue weighted by molar-refractivity contribution is 5.37. The van der Waals surface area contributed by atoms with Crippen molar-refractivity contribution in [1.29, 1.82) is 0 Å². The summed E-state index contributed by atoms with van der Waals surface area (Å²) in [6.45, 7) is 0. The van der Waals surface area contributed by atoms with Crippen LogP contribution in [0.1, 0.15) is 24.0 Å². The van der Waals surface area contributed by atoms with Crippen molar-refractivity contribution in [3.8, 4) is 0 Å². The van der Waals surface area contributed by atoms with Crippen LogP contribution in [0.4, 0.5) is 13.2 Å². The van der Waals surface area contributed by atoms with Gasteiger partial charge in [-0.2, -0.15) is 13.2 Å². The van der Waals surface area contributed by atoms with Gasteiger partial charge in [-0.3, -0.25) is 0 Å². The van der Waals surface area contributed by atoms with E-state index in [2.05, 4.69) is 0 Å². The highest BCUT2D eigenvalue weighted by atomic mass is 19.4. The smallest absolute Gasteiger partial charge is 0.314 e. The third kappa shape index (κ3) is 1.53. The molecule has 1 aromatic carbocycles. The van der Waals surface area contributed by atoms with Gasteiger partial charge in [0.15, 0.2) is 0 Å². The minimum absolute atomic E-state index is 0.0203. The zero-order valence-corrected chi connectivity index (χ0v) is 8.14. The summed E-state index contributed by atoms with van der Waals surface area (Å²) in [6.07, 6.45) is -3.21. The molecule has 1 aromatic rings. The summed E-state index contributed by atoms with van der Waals surface area (Å²) in [6, 6.07) is 6.57. The monoisotopic (exact) mass is 215 g/mol. The molecule has 2 rings (SSSR count). The van der Waals surface area contributed by atoms with Gasteiger partial charge in [-0.25, -0.2) is 0 Å². The molecule has 0 aromatic heterocycles. The van der Waals surface area contributed by atoms with Crippen LogP contribution in [0, 0.1) is 0 Å². The zero-order valence-electron chi connectivity index (χ0n) is 8.14. The third-order valence-corrected chi connectivity index (χ3v) is 3.02. The number of rotatable bonds is 0. The minimum Gasteiger partial charge on any atom is -0.314 e. The normalized spacial score (nSPS) is 26.1. The van der Waals surface area contributed by atoms with Gasteiger partial charge >= 0.3 is 6.18 Å². The van der Waals surface area contributed by atoms with Gasteiger partial charge in [-0.05, 0) is 30.4 Å². The van der Waals surface area contributed by atoms with Crippen LogP contribution in [-0.2, 0) is 12.0 Å². The Morgan fingerprint density at radius 2 is 1.87 bits per heavy atom. The minimum atomic E-state index is -4.37. The molecule has 0 spiro atoms. The summed E-state index contributed by atoms with van der Waals surface area (Å²) >= 11 is 0. The summed E-state index contributed by atoms with van der Waals surface area (Å²) in [4.78, 5) is 0. The summed E-state index contributed by atoms with van der Waals surface area (Å²) in [5.74, 6) is 0. The molecule has 15 heavy (non-hydrogen) atoms. The van der Waals surface area contributed by atoms with Crippen LogP contribution >= 0.6 is 0 Å². The number of nitrogens with two attached hydrogens (primary N) is 1. The Labute approximate surface area is 86.1 Å². The highest BCUT2D eigenvalue weighted by Gasteiger charge is 2.54. The van der Waals surface area contributed by atoms with E-state index >= 15 is 0 Å². The van der Waals surface area contributed by atoms with E-state index in [4.69, 9.17) is 5.73 Å². The summed E-state index contributed by atoms with van der Waals surface area (Å²) in [5, 5.41) is 0. The molecule has 1 atom stereocenters. The quantitative estimate of drug-likeness (QED) is 0.707. The van der Waals surface area contributed by atoms with Crippen molar-refractivity contribution in [1.82, 2.24) is 0 Å². The summed E-state index contributed by atoms with van der Waals surface area (Å²) in [7, 11) is 0. The number of alkyl halides is 3. The second kappa shape index (κ2) is 3.23. The number of hydrogen-bond acceptors (Lipinski definition) is 1. The number of hydrogen-bond donors (Lipinski definition) is 1. The zero-order chi connectivity index (χ0) is 11.1. The fraction of sp³-hybridized carbons (Fsp3) is 0.455.